The number of primary sulfonamides is 1. The van der Waals surface area contributed by atoms with Crippen molar-refractivity contribution in [3.05, 3.63) is 24.3 Å². The molecule has 0 heterocycles. The Kier molecular flexibility index (Phi) is 5.13. The number of para-hydroxylation sites is 1. The van der Waals surface area contributed by atoms with Crippen molar-refractivity contribution in [2.75, 3.05) is 11.9 Å². The first-order valence-corrected chi connectivity index (χ1v) is 7.90. The maximum absolute atomic E-state index is 11.5. The first-order valence-electron chi connectivity index (χ1n) is 6.36. The topological polar surface area (TPSA) is 109 Å². The molecule has 4 N–H and O–H groups in total. The van der Waals surface area contributed by atoms with E-state index < -0.39 is 21.4 Å². The van der Waals surface area contributed by atoms with E-state index in [0.717, 1.165) is 0 Å². The second-order valence-corrected chi connectivity index (χ2v) is 6.22. The highest BCUT2D eigenvalue weighted by molar-refractivity contribution is 7.89. The van der Waals surface area contributed by atoms with Crippen LogP contribution in [0.25, 0.3) is 0 Å². The molecule has 0 aliphatic rings. The SMILES string of the molecule is CCC(CC)(CNc1ccccc1S(N)(=O)=O)C(=O)O. The molecule has 0 bridgehead atoms. The summed E-state index contributed by atoms with van der Waals surface area (Å²) in [6, 6.07) is 6.18. The molecule has 20 heavy (non-hydrogen) atoms. The summed E-state index contributed by atoms with van der Waals surface area (Å²) in [5.41, 5.74) is -0.603. The number of benzene rings is 1. The van der Waals surface area contributed by atoms with Crippen LogP contribution in [0, 0.1) is 5.41 Å². The van der Waals surface area contributed by atoms with Gasteiger partial charge in [-0.15, -0.1) is 0 Å². The Balaban J connectivity index is 3.04. The van der Waals surface area contributed by atoms with Gasteiger partial charge in [0.2, 0.25) is 10.0 Å². The largest absolute Gasteiger partial charge is 0.481 e. The van der Waals surface area contributed by atoms with Gasteiger partial charge in [-0.25, -0.2) is 13.6 Å². The molecule has 7 heteroatoms. The summed E-state index contributed by atoms with van der Waals surface area (Å²) in [4.78, 5) is 11.4. The molecule has 0 aliphatic heterocycles. The van der Waals surface area contributed by atoms with Gasteiger partial charge in [0.05, 0.1) is 11.1 Å². The predicted octanol–water partition coefficient (Wildman–Crippen LogP) is 1.64. The molecule has 0 atom stereocenters. The standard InChI is InChI=1S/C13H20N2O4S/c1-3-13(4-2,12(16)17)9-15-10-7-5-6-8-11(10)20(14,18)19/h5-8,15H,3-4,9H2,1-2H3,(H,16,17)(H2,14,18,19). The number of anilines is 1. The number of rotatable bonds is 7. The molecule has 0 amide bonds. The van der Waals surface area contributed by atoms with Gasteiger partial charge in [0.15, 0.2) is 0 Å². The number of hydrogen-bond donors (Lipinski definition) is 3. The third kappa shape index (κ3) is 3.49. The maximum atomic E-state index is 11.5. The van der Waals surface area contributed by atoms with Crippen molar-refractivity contribution in [2.45, 2.75) is 31.6 Å². The van der Waals surface area contributed by atoms with E-state index in [2.05, 4.69) is 5.32 Å². The minimum Gasteiger partial charge on any atom is -0.481 e. The number of carboxylic acid groups (broad SMARTS) is 1. The van der Waals surface area contributed by atoms with Crippen molar-refractivity contribution < 1.29 is 18.3 Å². The van der Waals surface area contributed by atoms with E-state index in [0.29, 0.717) is 18.5 Å². The van der Waals surface area contributed by atoms with Crippen LogP contribution >= 0.6 is 0 Å². The van der Waals surface area contributed by atoms with E-state index in [4.69, 9.17) is 5.14 Å². The van der Waals surface area contributed by atoms with Crippen LogP contribution in [0.2, 0.25) is 0 Å². The van der Waals surface area contributed by atoms with Gasteiger partial charge in [-0.2, -0.15) is 0 Å². The van der Waals surface area contributed by atoms with Crippen LogP contribution in [-0.2, 0) is 14.8 Å². The van der Waals surface area contributed by atoms with Gasteiger partial charge in [-0.1, -0.05) is 26.0 Å². The minimum absolute atomic E-state index is 0.0357. The number of carbonyl (C=O) groups is 1. The van der Waals surface area contributed by atoms with Gasteiger partial charge >= 0.3 is 5.97 Å². The van der Waals surface area contributed by atoms with Crippen molar-refractivity contribution in [3.63, 3.8) is 0 Å². The van der Waals surface area contributed by atoms with Crippen LogP contribution in [0.15, 0.2) is 29.2 Å². The molecular weight excluding hydrogens is 280 g/mol. The molecule has 0 saturated carbocycles. The highest BCUT2D eigenvalue weighted by atomic mass is 32.2. The Hall–Kier alpha value is -1.60. The van der Waals surface area contributed by atoms with Crippen LogP contribution in [0.5, 0.6) is 0 Å². The number of carboxylic acids is 1. The van der Waals surface area contributed by atoms with Crippen molar-refractivity contribution >= 4 is 21.7 Å². The number of nitrogens with one attached hydrogen (secondary N) is 1. The molecular formula is C13H20N2O4S. The van der Waals surface area contributed by atoms with E-state index >= 15 is 0 Å². The molecule has 0 fully saturated rings. The summed E-state index contributed by atoms with van der Waals surface area (Å²) in [5.74, 6) is -0.900. The lowest BCUT2D eigenvalue weighted by atomic mass is 9.82. The summed E-state index contributed by atoms with van der Waals surface area (Å²) in [7, 11) is -3.84. The van der Waals surface area contributed by atoms with E-state index in [-0.39, 0.29) is 11.4 Å². The third-order valence-corrected chi connectivity index (χ3v) is 4.59. The van der Waals surface area contributed by atoms with Crippen LogP contribution in [0.3, 0.4) is 0 Å². The average molecular weight is 300 g/mol. The Morgan fingerprint density at radius 3 is 2.30 bits per heavy atom. The van der Waals surface area contributed by atoms with Gasteiger partial charge in [0.1, 0.15) is 4.90 Å². The monoisotopic (exact) mass is 300 g/mol. The molecule has 1 aromatic rings. The molecule has 0 aromatic heterocycles. The summed E-state index contributed by atoms with van der Waals surface area (Å²) in [6.45, 7) is 3.73. The fourth-order valence-corrected chi connectivity index (χ4v) is 2.72. The number of hydrogen-bond acceptors (Lipinski definition) is 4. The molecule has 1 aromatic carbocycles. The van der Waals surface area contributed by atoms with E-state index in [9.17, 15) is 18.3 Å². The summed E-state index contributed by atoms with van der Waals surface area (Å²) in [6.07, 6.45) is 0.896. The van der Waals surface area contributed by atoms with Crippen LogP contribution in [0.4, 0.5) is 5.69 Å². The minimum atomic E-state index is -3.84. The molecule has 0 unspecified atom stereocenters. The van der Waals surface area contributed by atoms with Crippen molar-refractivity contribution in [1.29, 1.82) is 0 Å². The second kappa shape index (κ2) is 6.23. The van der Waals surface area contributed by atoms with Crippen molar-refractivity contribution in [2.24, 2.45) is 10.6 Å². The van der Waals surface area contributed by atoms with E-state index in [1.807, 2.05) is 0 Å². The van der Waals surface area contributed by atoms with Gasteiger partial charge in [-0.3, -0.25) is 4.79 Å². The van der Waals surface area contributed by atoms with E-state index in [1.54, 1.807) is 32.0 Å². The Morgan fingerprint density at radius 1 is 1.30 bits per heavy atom. The van der Waals surface area contributed by atoms with Crippen LogP contribution in [0.1, 0.15) is 26.7 Å². The van der Waals surface area contributed by atoms with Gasteiger partial charge < -0.3 is 10.4 Å². The van der Waals surface area contributed by atoms with Crippen LogP contribution < -0.4 is 10.5 Å². The lowest BCUT2D eigenvalue weighted by molar-refractivity contribution is -0.148. The highest BCUT2D eigenvalue weighted by Gasteiger charge is 2.34. The Morgan fingerprint density at radius 2 is 1.85 bits per heavy atom. The van der Waals surface area contributed by atoms with Gasteiger partial charge in [0, 0.05) is 6.54 Å². The fraction of sp³-hybridized carbons (Fsp3) is 0.462. The highest BCUT2D eigenvalue weighted by Crippen LogP contribution is 2.28. The van der Waals surface area contributed by atoms with Crippen LogP contribution in [-0.4, -0.2) is 26.0 Å². The van der Waals surface area contributed by atoms with Gasteiger partial charge in [0.25, 0.3) is 0 Å². The normalized spacial score (nSPS) is 12.2. The summed E-state index contributed by atoms with van der Waals surface area (Å²) >= 11 is 0. The molecule has 1 rings (SSSR count). The first kappa shape index (κ1) is 16.5. The Labute approximate surface area is 119 Å². The zero-order valence-electron chi connectivity index (χ0n) is 11.6. The molecule has 0 spiro atoms. The smallest absolute Gasteiger partial charge is 0.311 e. The van der Waals surface area contributed by atoms with E-state index in [1.165, 1.54) is 6.07 Å². The maximum Gasteiger partial charge on any atom is 0.311 e. The molecule has 112 valence electrons. The van der Waals surface area contributed by atoms with Crippen molar-refractivity contribution in [3.8, 4) is 0 Å². The second-order valence-electron chi connectivity index (χ2n) is 4.69. The third-order valence-electron chi connectivity index (χ3n) is 3.62. The summed E-state index contributed by atoms with van der Waals surface area (Å²) in [5, 5.41) is 17.4. The number of sulfonamides is 1. The predicted molar refractivity (Wildman–Crippen MR) is 77.0 cm³/mol. The fourth-order valence-electron chi connectivity index (χ4n) is 2.00. The quantitative estimate of drug-likeness (QED) is 0.709. The lowest BCUT2D eigenvalue weighted by Gasteiger charge is -2.27. The first-order chi connectivity index (χ1) is 9.27. The zero-order valence-corrected chi connectivity index (χ0v) is 12.4. The van der Waals surface area contributed by atoms with Gasteiger partial charge in [-0.05, 0) is 25.0 Å². The molecule has 0 aliphatic carbocycles. The summed E-state index contributed by atoms with van der Waals surface area (Å²) < 4.78 is 22.9. The Bertz CT molecular complexity index is 580. The zero-order chi connectivity index (χ0) is 15.4. The lowest BCUT2D eigenvalue weighted by Crippen LogP contribution is -2.37. The molecule has 0 saturated heterocycles. The number of aliphatic carboxylic acids is 1. The molecule has 0 radical (unpaired) electrons. The molecule has 6 nitrogen and oxygen atoms in total. The number of nitrogens with two attached hydrogens (primary N) is 1. The van der Waals surface area contributed by atoms with Crippen molar-refractivity contribution in [1.82, 2.24) is 0 Å². The average Bonchev–Trinajstić information content (AvgIpc) is 2.39.